The number of hydrogen-bond donors (Lipinski definition) is 1. The van der Waals surface area contributed by atoms with E-state index in [4.69, 9.17) is 14.1 Å². The molecule has 280 valence electrons. The van der Waals surface area contributed by atoms with Crippen molar-refractivity contribution in [3.63, 3.8) is 0 Å². The summed E-state index contributed by atoms with van der Waals surface area (Å²) in [7, 11) is -1.06. The summed E-state index contributed by atoms with van der Waals surface area (Å²) in [6.45, 7) is 17.1. The van der Waals surface area contributed by atoms with Crippen LogP contribution in [0.15, 0.2) is 120 Å². The van der Waals surface area contributed by atoms with Crippen LogP contribution in [0, 0.1) is 5.41 Å². The average molecular weight is 804 g/mol. The van der Waals surface area contributed by atoms with Gasteiger partial charge in [-0.25, -0.2) is 4.79 Å². The maximum Gasteiger partial charge on any atom is 0.335 e. The van der Waals surface area contributed by atoms with E-state index in [1.807, 2.05) is 25.3 Å². The lowest BCUT2D eigenvalue weighted by Gasteiger charge is -2.44. The second-order valence-electron chi connectivity index (χ2n) is 15.9. The molecule has 0 amide bonds. The van der Waals surface area contributed by atoms with Gasteiger partial charge in [0.2, 0.25) is 0 Å². The Labute approximate surface area is 329 Å². The monoisotopic (exact) mass is 802 g/mol. The molecule has 6 aromatic rings. The minimum absolute atomic E-state index is 0.139. The number of halogens is 1. The molecule has 0 bridgehead atoms. The van der Waals surface area contributed by atoms with Crippen LogP contribution in [0.1, 0.15) is 76.2 Å². The van der Waals surface area contributed by atoms with Gasteiger partial charge in [0.25, 0.3) is 8.32 Å². The van der Waals surface area contributed by atoms with Crippen LogP contribution in [-0.4, -0.2) is 42.7 Å². The fraction of sp³-hybridized carbons (Fsp3) is 0.304. The van der Waals surface area contributed by atoms with Crippen molar-refractivity contribution < 1.29 is 19.1 Å². The Hall–Kier alpha value is -4.34. The van der Waals surface area contributed by atoms with Crippen LogP contribution < -0.4 is 10.4 Å². The van der Waals surface area contributed by atoms with Gasteiger partial charge in [0.1, 0.15) is 0 Å². The zero-order valence-electron chi connectivity index (χ0n) is 32.6. The van der Waals surface area contributed by atoms with E-state index in [0.717, 1.165) is 51.0 Å². The molecule has 0 saturated heterocycles. The normalized spacial score (nSPS) is 13.0. The number of fused-ring (bicyclic) bond motifs is 1. The molecule has 6 nitrogen and oxygen atoms in total. The SMILES string of the molecule is CCn1c(-c2cc(-c3ccc(C(=O)O)cc3)cnc2[C@H](C)OC)c(CC(C)(C)CO[Si](c2ccccc2)(c2ccccc2)C(C)(C)C)c2cc(Br)ccc21. The number of carboxylic acids is 1. The second-order valence-corrected chi connectivity index (χ2v) is 21.2. The van der Waals surface area contributed by atoms with Crippen molar-refractivity contribution in [3.8, 4) is 22.4 Å². The molecular formula is C46H51BrN2O4Si. The molecule has 0 aliphatic heterocycles. The summed E-state index contributed by atoms with van der Waals surface area (Å²) < 4.78 is 16.9. The molecule has 54 heavy (non-hydrogen) atoms. The van der Waals surface area contributed by atoms with Crippen LogP contribution in [0.2, 0.25) is 5.04 Å². The van der Waals surface area contributed by atoms with Gasteiger partial charge >= 0.3 is 5.97 Å². The van der Waals surface area contributed by atoms with Gasteiger partial charge in [0, 0.05) is 53.0 Å². The number of carboxylic acid groups (broad SMARTS) is 1. The third-order valence-corrected chi connectivity index (χ3v) is 16.1. The maximum atomic E-state index is 11.6. The first-order valence-electron chi connectivity index (χ1n) is 18.6. The summed E-state index contributed by atoms with van der Waals surface area (Å²) in [6.07, 6.45) is 2.35. The van der Waals surface area contributed by atoms with Crippen LogP contribution in [0.3, 0.4) is 0 Å². The smallest absolute Gasteiger partial charge is 0.335 e. The number of aryl methyl sites for hydroxylation is 1. The zero-order valence-corrected chi connectivity index (χ0v) is 35.2. The quantitative estimate of drug-likeness (QED) is 0.118. The van der Waals surface area contributed by atoms with Crippen molar-refractivity contribution in [3.05, 3.63) is 137 Å². The first kappa shape index (κ1) is 39.4. The highest BCUT2D eigenvalue weighted by molar-refractivity contribution is 9.10. The van der Waals surface area contributed by atoms with Crippen molar-refractivity contribution >= 4 is 51.5 Å². The molecule has 2 heterocycles. The molecule has 0 aliphatic rings. The van der Waals surface area contributed by atoms with E-state index in [-0.39, 0.29) is 22.1 Å². The molecule has 1 atom stereocenters. The molecule has 0 radical (unpaired) electrons. The minimum Gasteiger partial charge on any atom is -0.478 e. The van der Waals surface area contributed by atoms with Gasteiger partial charge in [-0.3, -0.25) is 4.98 Å². The van der Waals surface area contributed by atoms with E-state index in [0.29, 0.717) is 6.61 Å². The molecule has 0 spiro atoms. The summed E-state index contributed by atoms with van der Waals surface area (Å²) in [5.74, 6) is -0.950. The molecule has 1 N–H and O–H groups in total. The first-order chi connectivity index (χ1) is 25.7. The van der Waals surface area contributed by atoms with Crippen LogP contribution in [0.4, 0.5) is 0 Å². The molecule has 0 fully saturated rings. The lowest BCUT2D eigenvalue weighted by Crippen LogP contribution is -2.67. The van der Waals surface area contributed by atoms with E-state index in [1.165, 1.54) is 21.3 Å². The molecule has 6 rings (SSSR count). The number of benzene rings is 4. The van der Waals surface area contributed by atoms with Gasteiger partial charge in [0.05, 0.1) is 23.1 Å². The average Bonchev–Trinajstić information content (AvgIpc) is 3.45. The summed E-state index contributed by atoms with van der Waals surface area (Å²) in [4.78, 5) is 16.7. The fourth-order valence-electron chi connectivity index (χ4n) is 7.87. The van der Waals surface area contributed by atoms with Gasteiger partial charge in [-0.15, -0.1) is 0 Å². The predicted molar refractivity (Wildman–Crippen MR) is 227 cm³/mol. The van der Waals surface area contributed by atoms with E-state index in [2.05, 4.69) is 147 Å². The van der Waals surface area contributed by atoms with E-state index in [9.17, 15) is 9.90 Å². The second kappa shape index (κ2) is 15.8. The van der Waals surface area contributed by atoms with Crippen LogP contribution >= 0.6 is 15.9 Å². The first-order valence-corrected chi connectivity index (χ1v) is 21.3. The summed E-state index contributed by atoms with van der Waals surface area (Å²) in [5, 5.41) is 13.1. The molecular weight excluding hydrogens is 753 g/mol. The number of pyridine rings is 1. The predicted octanol–water partition coefficient (Wildman–Crippen LogP) is 10.7. The third-order valence-electron chi connectivity index (χ3n) is 10.6. The number of nitrogens with zero attached hydrogens (tertiary/aromatic N) is 2. The number of hydrogen-bond acceptors (Lipinski definition) is 4. The van der Waals surface area contributed by atoms with Gasteiger partial charge in [-0.05, 0) is 88.6 Å². The summed E-state index contributed by atoms with van der Waals surface area (Å²) in [6, 6.07) is 37.4. The van der Waals surface area contributed by atoms with Crippen molar-refractivity contribution in [2.24, 2.45) is 5.41 Å². The third kappa shape index (κ3) is 7.62. The number of aromatic nitrogens is 2. The molecule has 0 unspecified atom stereocenters. The maximum absolute atomic E-state index is 11.6. The lowest BCUT2D eigenvalue weighted by molar-refractivity contribution is 0.0697. The highest BCUT2D eigenvalue weighted by Crippen LogP contribution is 2.44. The molecule has 8 heteroatoms. The standard InChI is InChI=1S/C46H51BrN2O4Si/c1-9-49-41-25-24-35(47)27-38(41)40(43(49)39-26-34(29-48-42(39)31(2)52-8)32-20-22-33(23-21-32)44(50)51)28-46(6,7)30-53-54(45(3,4)5,36-16-12-10-13-17-36)37-18-14-11-15-19-37/h10-27,29,31H,9,28,30H2,1-8H3,(H,50,51)/t31-/m0/s1. The Kier molecular flexibility index (Phi) is 11.5. The van der Waals surface area contributed by atoms with E-state index in [1.54, 1.807) is 19.2 Å². The van der Waals surface area contributed by atoms with E-state index < -0.39 is 14.3 Å². The Morgan fingerprint density at radius 3 is 2.02 bits per heavy atom. The van der Waals surface area contributed by atoms with Gasteiger partial charge in [-0.1, -0.05) is 123 Å². The largest absolute Gasteiger partial charge is 0.478 e. The van der Waals surface area contributed by atoms with Crippen LogP contribution in [-0.2, 0) is 22.1 Å². The molecule has 0 saturated carbocycles. The van der Waals surface area contributed by atoms with Crippen molar-refractivity contribution in [2.45, 2.75) is 72.6 Å². The number of carbonyl (C=O) groups is 1. The highest BCUT2D eigenvalue weighted by atomic mass is 79.9. The number of methoxy groups -OCH3 is 1. The van der Waals surface area contributed by atoms with Crippen molar-refractivity contribution in [2.75, 3.05) is 13.7 Å². The Morgan fingerprint density at radius 1 is 0.870 bits per heavy atom. The number of ether oxygens (including phenoxy) is 1. The number of aromatic carboxylic acids is 1. The molecule has 4 aromatic carbocycles. The summed E-state index contributed by atoms with van der Waals surface area (Å²) in [5.41, 5.74) is 7.12. The highest BCUT2D eigenvalue weighted by Gasteiger charge is 2.50. The lowest BCUT2D eigenvalue weighted by atomic mass is 9.84. The summed E-state index contributed by atoms with van der Waals surface area (Å²) >= 11 is 3.79. The van der Waals surface area contributed by atoms with Gasteiger partial charge in [-0.2, -0.15) is 0 Å². The Bertz CT molecular complexity index is 2200. The molecule has 2 aromatic heterocycles. The Balaban J connectivity index is 1.51. The van der Waals surface area contributed by atoms with E-state index >= 15 is 0 Å². The minimum atomic E-state index is -2.78. The Morgan fingerprint density at radius 2 is 1.48 bits per heavy atom. The molecule has 0 aliphatic carbocycles. The van der Waals surface area contributed by atoms with Gasteiger partial charge < -0.3 is 18.8 Å². The topological polar surface area (TPSA) is 73.6 Å². The van der Waals surface area contributed by atoms with Crippen molar-refractivity contribution in [1.29, 1.82) is 0 Å². The number of rotatable bonds is 13. The van der Waals surface area contributed by atoms with Gasteiger partial charge in [0.15, 0.2) is 0 Å². The fourth-order valence-corrected chi connectivity index (χ4v) is 13.0. The van der Waals surface area contributed by atoms with Crippen LogP contribution in [0.25, 0.3) is 33.3 Å². The van der Waals surface area contributed by atoms with Crippen LogP contribution in [0.5, 0.6) is 0 Å². The zero-order chi connectivity index (χ0) is 38.8. The van der Waals surface area contributed by atoms with Crippen molar-refractivity contribution in [1.82, 2.24) is 9.55 Å².